The molecule has 94 valence electrons. The second kappa shape index (κ2) is 5.47. The number of aromatic nitrogens is 2. The topological polar surface area (TPSA) is 73.2 Å². The van der Waals surface area contributed by atoms with Crippen LogP contribution in [0.25, 0.3) is 0 Å². The Morgan fingerprint density at radius 2 is 2.06 bits per heavy atom. The van der Waals surface area contributed by atoms with Crippen LogP contribution in [0.4, 0.5) is 0 Å². The molecule has 0 spiro atoms. The molecular formula is C11H17N3O3. The molecule has 1 rings (SSSR count). The molecule has 0 atom stereocenters. The Kier molecular flexibility index (Phi) is 4.25. The van der Waals surface area contributed by atoms with Gasteiger partial charge in [-0.25, -0.2) is 4.79 Å². The van der Waals surface area contributed by atoms with Crippen LogP contribution in [-0.4, -0.2) is 35.3 Å². The highest BCUT2D eigenvalue weighted by molar-refractivity contribution is 5.92. The summed E-state index contributed by atoms with van der Waals surface area (Å²) in [4.78, 5) is 22.7. The first kappa shape index (κ1) is 13.2. The second-order valence-corrected chi connectivity index (χ2v) is 3.73. The van der Waals surface area contributed by atoms with Gasteiger partial charge in [0.15, 0.2) is 0 Å². The van der Waals surface area contributed by atoms with E-state index in [1.165, 1.54) is 0 Å². The normalized spacial score (nSPS) is 10.1. The molecule has 0 saturated heterocycles. The zero-order valence-corrected chi connectivity index (χ0v) is 10.5. The summed E-state index contributed by atoms with van der Waals surface area (Å²) >= 11 is 0. The molecule has 0 aliphatic heterocycles. The summed E-state index contributed by atoms with van der Waals surface area (Å²) in [6.07, 6.45) is 0.167. The fourth-order valence-corrected chi connectivity index (χ4v) is 1.50. The van der Waals surface area contributed by atoms with Gasteiger partial charge in [0.2, 0.25) is 5.91 Å². The van der Waals surface area contributed by atoms with E-state index >= 15 is 0 Å². The lowest BCUT2D eigenvalue weighted by atomic mass is 10.2. The quantitative estimate of drug-likeness (QED) is 0.768. The van der Waals surface area contributed by atoms with Crippen molar-refractivity contribution in [3.63, 3.8) is 0 Å². The van der Waals surface area contributed by atoms with Crippen LogP contribution in [0.15, 0.2) is 0 Å². The highest BCUT2D eigenvalue weighted by atomic mass is 16.5. The minimum absolute atomic E-state index is 0.0757. The SMILES string of the molecule is CNC(=O)CCOC(=O)c1c(C)nn(C)c1C. The standard InChI is InChI=1S/C11H17N3O3/c1-7-10(8(2)14(4)13-7)11(16)17-6-5-9(15)12-3/h5-6H2,1-4H3,(H,12,15). The predicted octanol–water partition coefficient (Wildman–Crippen LogP) is 0.330. The van der Waals surface area contributed by atoms with E-state index in [2.05, 4.69) is 10.4 Å². The van der Waals surface area contributed by atoms with Gasteiger partial charge in [-0.3, -0.25) is 9.48 Å². The number of carbonyl (C=O) groups is 2. The van der Waals surface area contributed by atoms with Crippen molar-refractivity contribution in [3.05, 3.63) is 17.0 Å². The molecule has 1 heterocycles. The van der Waals surface area contributed by atoms with E-state index in [-0.39, 0.29) is 18.9 Å². The molecule has 0 fully saturated rings. The van der Waals surface area contributed by atoms with Crippen LogP contribution in [0.2, 0.25) is 0 Å². The third kappa shape index (κ3) is 3.05. The lowest BCUT2D eigenvalue weighted by Crippen LogP contribution is -2.20. The van der Waals surface area contributed by atoms with Crippen LogP contribution in [0.1, 0.15) is 28.2 Å². The van der Waals surface area contributed by atoms with Gasteiger partial charge in [-0.2, -0.15) is 5.10 Å². The third-order valence-corrected chi connectivity index (χ3v) is 2.55. The number of amides is 1. The highest BCUT2D eigenvalue weighted by Crippen LogP contribution is 2.13. The van der Waals surface area contributed by atoms with Crippen molar-refractivity contribution in [1.82, 2.24) is 15.1 Å². The number of hydrogen-bond acceptors (Lipinski definition) is 4. The van der Waals surface area contributed by atoms with Gasteiger partial charge >= 0.3 is 5.97 Å². The summed E-state index contributed by atoms with van der Waals surface area (Å²) < 4.78 is 6.65. The maximum absolute atomic E-state index is 11.8. The van der Waals surface area contributed by atoms with Crippen molar-refractivity contribution in [3.8, 4) is 0 Å². The van der Waals surface area contributed by atoms with Crippen LogP contribution in [-0.2, 0) is 16.6 Å². The summed E-state index contributed by atoms with van der Waals surface area (Å²) in [5, 5.41) is 6.59. The molecule has 17 heavy (non-hydrogen) atoms. The number of esters is 1. The summed E-state index contributed by atoms with van der Waals surface area (Å²) in [6, 6.07) is 0. The Balaban J connectivity index is 2.61. The molecule has 0 aromatic carbocycles. The minimum atomic E-state index is -0.433. The largest absolute Gasteiger partial charge is 0.461 e. The fraction of sp³-hybridized carbons (Fsp3) is 0.545. The first-order valence-electron chi connectivity index (χ1n) is 5.35. The van der Waals surface area contributed by atoms with Crippen molar-refractivity contribution in [2.24, 2.45) is 7.05 Å². The van der Waals surface area contributed by atoms with Crippen LogP contribution in [0.3, 0.4) is 0 Å². The summed E-state index contributed by atoms with van der Waals surface area (Å²) in [5.41, 5.74) is 1.87. The molecule has 1 amide bonds. The zero-order valence-electron chi connectivity index (χ0n) is 10.5. The van der Waals surface area contributed by atoms with Crippen LogP contribution < -0.4 is 5.32 Å². The highest BCUT2D eigenvalue weighted by Gasteiger charge is 2.18. The fourth-order valence-electron chi connectivity index (χ4n) is 1.50. The zero-order chi connectivity index (χ0) is 13.0. The van der Waals surface area contributed by atoms with Gasteiger partial charge in [0.05, 0.1) is 12.1 Å². The minimum Gasteiger partial charge on any atom is -0.461 e. The first-order valence-corrected chi connectivity index (χ1v) is 5.35. The molecule has 0 bridgehead atoms. The van der Waals surface area contributed by atoms with Gasteiger partial charge in [-0.15, -0.1) is 0 Å². The van der Waals surface area contributed by atoms with Crippen molar-refractivity contribution < 1.29 is 14.3 Å². The number of hydrogen-bond donors (Lipinski definition) is 1. The second-order valence-electron chi connectivity index (χ2n) is 3.73. The van der Waals surface area contributed by atoms with E-state index in [0.29, 0.717) is 11.3 Å². The van der Waals surface area contributed by atoms with Gasteiger partial charge in [-0.05, 0) is 13.8 Å². The molecule has 0 radical (unpaired) electrons. The lowest BCUT2D eigenvalue weighted by molar-refractivity contribution is -0.121. The molecule has 0 saturated carbocycles. The summed E-state index contributed by atoms with van der Waals surface area (Å²) in [6.45, 7) is 3.63. The number of nitrogens with one attached hydrogen (secondary N) is 1. The smallest absolute Gasteiger partial charge is 0.341 e. The van der Waals surface area contributed by atoms with Crippen molar-refractivity contribution >= 4 is 11.9 Å². The molecule has 0 aliphatic carbocycles. The number of nitrogens with zero attached hydrogens (tertiary/aromatic N) is 2. The Morgan fingerprint density at radius 1 is 1.41 bits per heavy atom. The number of aryl methyl sites for hydroxylation is 2. The van der Waals surface area contributed by atoms with Gasteiger partial charge in [0.25, 0.3) is 0 Å². The van der Waals surface area contributed by atoms with Crippen molar-refractivity contribution in [2.75, 3.05) is 13.7 Å². The van der Waals surface area contributed by atoms with Gasteiger partial charge in [-0.1, -0.05) is 0 Å². The average Bonchev–Trinajstić information content (AvgIpc) is 2.52. The Labute approximate surface area is 99.9 Å². The van der Waals surface area contributed by atoms with Crippen LogP contribution >= 0.6 is 0 Å². The lowest BCUT2D eigenvalue weighted by Gasteiger charge is -2.04. The van der Waals surface area contributed by atoms with Gasteiger partial charge < -0.3 is 10.1 Å². The predicted molar refractivity (Wildman–Crippen MR) is 61.6 cm³/mol. The molecule has 1 aromatic rings. The molecule has 0 aliphatic rings. The molecule has 6 nitrogen and oxygen atoms in total. The van der Waals surface area contributed by atoms with Crippen LogP contribution in [0, 0.1) is 13.8 Å². The average molecular weight is 239 g/mol. The van der Waals surface area contributed by atoms with E-state index in [1.807, 2.05) is 0 Å². The van der Waals surface area contributed by atoms with E-state index in [1.54, 1.807) is 32.6 Å². The molecule has 0 unspecified atom stereocenters. The monoisotopic (exact) mass is 239 g/mol. The number of ether oxygens (including phenoxy) is 1. The van der Waals surface area contributed by atoms with Gasteiger partial charge in [0, 0.05) is 19.8 Å². The molecule has 6 heteroatoms. The Hall–Kier alpha value is -1.85. The maximum atomic E-state index is 11.8. The van der Waals surface area contributed by atoms with E-state index in [9.17, 15) is 9.59 Å². The number of rotatable bonds is 4. The Bertz CT molecular complexity index is 437. The van der Waals surface area contributed by atoms with Crippen molar-refractivity contribution in [2.45, 2.75) is 20.3 Å². The van der Waals surface area contributed by atoms with E-state index in [0.717, 1.165) is 5.69 Å². The van der Waals surface area contributed by atoms with Crippen LogP contribution in [0.5, 0.6) is 0 Å². The van der Waals surface area contributed by atoms with Crippen molar-refractivity contribution in [1.29, 1.82) is 0 Å². The van der Waals surface area contributed by atoms with E-state index in [4.69, 9.17) is 4.74 Å². The first-order chi connectivity index (χ1) is 7.97. The Morgan fingerprint density at radius 3 is 2.53 bits per heavy atom. The maximum Gasteiger partial charge on any atom is 0.341 e. The van der Waals surface area contributed by atoms with E-state index < -0.39 is 5.97 Å². The molecule has 1 aromatic heterocycles. The summed E-state index contributed by atoms with van der Waals surface area (Å²) in [5.74, 6) is -0.588. The van der Waals surface area contributed by atoms with Gasteiger partial charge in [0.1, 0.15) is 12.2 Å². The summed E-state index contributed by atoms with van der Waals surface area (Å²) in [7, 11) is 3.31. The molecular weight excluding hydrogens is 222 g/mol. The molecule has 1 N–H and O–H groups in total. The number of carbonyl (C=O) groups excluding carboxylic acids is 2. The third-order valence-electron chi connectivity index (χ3n) is 2.55.